The second-order valence-corrected chi connectivity index (χ2v) is 6.16. The van der Waals surface area contributed by atoms with Gasteiger partial charge in [0.25, 0.3) is 16.4 Å². The number of pyridine rings is 1. The molecule has 0 radical (unpaired) electrons. The lowest BCUT2D eigenvalue weighted by atomic mass is 10.3. The van der Waals surface area contributed by atoms with Gasteiger partial charge in [0.2, 0.25) is 0 Å². The number of aromatic nitrogens is 1. The molecule has 0 unspecified atom stereocenters. The summed E-state index contributed by atoms with van der Waals surface area (Å²) in [5.74, 6) is 0. The predicted molar refractivity (Wildman–Crippen MR) is 66.0 cm³/mol. The molecule has 0 aromatic carbocycles. The Labute approximate surface area is 112 Å². The smallest absolute Gasteiger partial charge is 0.228 e. The maximum atomic E-state index is 12.5. The molecule has 0 spiro atoms. The van der Waals surface area contributed by atoms with Crippen LogP contribution in [0.3, 0.4) is 0 Å². The molecule has 1 heterocycles. The number of primary sulfonamides is 1. The van der Waals surface area contributed by atoms with Crippen molar-refractivity contribution in [2.45, 2.75) is 11.5 Å². The van der Waals surface area contributed by atoms with E-state index in [1.165, 1.54) is 22.6 Å². The Kier molecular flexibility index (Phi) is 4.22. The fourth-order valence-corrected chi connectivity index (χ4v) is 3.61. The molecule has 0 bridgehead atoms. The fraction of sp³-hybridized carbons (Fsp3) is 0.167. The fourth-order valence-electron chi connectivity index (χ4n) is 0.841. The Hall–Kier alpha value is 0.380. The number of nitrogens with two attached hydrogens (primary N) is 1. The number of alkyl halides is 2. The van der Waals surface area contributed by atoms with Gasteiger partial charge in [-0.1, -0.05) is 0 Å². The van der Waals surface area contributed by atoms with Crippen LogP contribution in [-0.4, -0.2) is 13.4 Å². The van der Waals surface area contributed by atoms with E-state index in [0.29, 0.717) is 0 Å². The van der Waals surface area contributed by atoms with E-state index in [1.807, 2.05) is 0 Å². The van der Waals surface area contributed by atoms with Crippen LogP contribution in [0.25, 0.3) is 0 Å². The van der Waals surface area contributed by atoms with E-state index >= 15 is 0 Å². The van der Waals surface area contributed by atoms with Gasteiger partial charge in [-0.05, 0) is 51.2 Å². The lowest BCUT2D eigenvalue weighted by Gasteiger charge is -2.07. The summed E-state index contributed by atoms with van der Waals surface area (Å²) in [4.78, 5) is 3.62. The first kappa shape index (κ1) is 13.4. The highest BCUT2D eigenvalue weighted by atomic mass is 127. The van der Waals surface area contributed by atoms with Crippen LogP contribution in [-0.2, 0) is 10.0 Å². The lowest BCUT2D eigenvalue weighted by Crippen LogP contribution is -2.17. The maximum absolute atomic E-state index is 12.5. The van der Waals surface area contributed by atoms with Crippen LogP contribution in [0.15, 0.2) is 11.1 Å². The molecule has 1 aromatic heterocycles. The van der Waals surface area contributed by atoms with E-state index < -0.39 is 21.5 Å². The van der Waals surface area contributed by atoms with Crippen molar-refractivity contribution in [2.24, 2.45) is 5.14 Å². The number of rotatable bonds is 2. The lowest BCUT2D eigenvalue weighted by molar-refractivity contribution is 0.149. The second kappa shape index (κ2) is 4.71. The number of sulfonamides is 1. The number of hydrogen-bond donors (Lipinski definition) is 1. The summed E-state index contributed by atoms with van der Waals surface area (Å²) in [6, 6.07) is 1.13. The van der Waals surface area contributed by atoms with Gasteiger partial charge in [-0.25, -0.2) is 27.3 Å². The zero-order valence-electron chi connectivity index (χ0n) is 6.92. The molecular weight excluding hydrogens is 456 g/mol. The standard InChI is InChI=1S/C6H4F2I2N2O2S/c7-5(8)2-1-3(9)12-6(4(2)10)15(11,13)14/h1,5H,(H2,11,13,14). The van der Waals surface area contributed by atoms with Gasteiger partial charge in [0.05, 0.1) is 3.57 Å². The monoisotopic (exact) mass is 460 g/mol. The molecule has 2 N–H and O–H groups in total. The number of halogens is 4. The van der Waals surface area contributed by atoms with Crippen LogP contribution in [0.1, 0.15) is 12.0 Å². The van der Waals surface area contributed by atoms with Gasteiger partial charge < -0.3 is 0 Å². The Bertz CT molecular complexity index is 492. The van der Waals surface area contributed by atoms with Gasteiger partial charge >= 0.3 is 0 Å². The zero-order chi connectivity index (χ0) is 11.8. The molecule has 9 heteroatoms. The Morgan fingerprint density at radius 2 is 1.93 bits per heavy atom. The van der Waals surface area contributed by atoms with Crippen LogP contribution in [0.2, 0.25) is 0 Å². The molecule has 1 aromatic rings. The minimum absolute atomic E-state index is 0.134. The highest BCUT2D eigenvalue weighted by Gasteiger charge is 2.22. The SMILES string of the molecule is NS(=O)(=O)c1nc(I)cc(C(F)F)c1I. The summed E-state index contributed by atoms with van der Waals surface area (Å²) in [6.45, 7) is 0. The van der Waals surface area contributed by atoms with Crippen LogP contribution < -0.4 is 5.14 Å². The predicted octanol–water partition coefficient (Wildman–Crippen LogP) is 1.88. The third kappa shape index (κ3) is 3.17. The molecule has 0 saturated carbocycles. The first-order valence-corrected chi connectivity index (χ1v) is 7.10. The summed E-state index contributed by atoms with van der Waals surface area (Å²) in [7, 11) is -4.07. The first-order valence-electron chi connectivity index (χ1n) is 3.40. The van der Waals surface area contributed by atoms with Crippen LogP contribution in [0.5, 0.6) is 0 Å². The maximum Gasteiger partial charge on any atom is 0.265 e. The van der Waals surface area contributed by atoms with Crippen molar-refractivity contribution in [1.82, 2.24) is 4.98 Å². The van der Waals surface area contributed by atoms with Gasteiger partial charge in [0, 0.05) is 5.56 Å². The van der Waals surface area contributed by atoms with E-state index in [2.05, 4.69) is 4.98 Å². The molecule has 0 atom stereocenters. The van der Waals surface area contributed by atoms with E-state index in [9.17, 15) is 17.2 Å². The third-order valence-corrected chi connectivity index (χ3v) is 4.32. The topological polar surface area (TPSA) is 73.1 Å². The van der Waals surface area contributed by atoms with Crippen LogP contribution >= 0.6 is 45.2 Å². The molecule has 0 amide bonds. The molecule has 4 nitrogen and oxygen atoms in total. The van der Waals surface area contributed by atoms with Gasteiger partial charge in [0.15, 0.2) is 5.03 Å². The molecule has 15 heavy (non-hydrogen) atoms. The molecular formula is C6H4F2I2N2O2S. The van der Waals surface area contributed by atoms with Crippen molar-refractivity contribution in [3.8, 4) is 0 Å². The van der Waals surface area contributed by atoms with E-state index in [-0.39, 0.29) is 12.8 Å². The van der Waals surface area contributed by atoms with Crippen molar-refractivity contribution in [2.75, 3.05) is 0 Å². The van der Waals surface area contributed by atoms with Gasteiger partial charge in [-0.15, -0.1) is 0 Å². The minimum atomic E-state index is -4.07. The largest absolute Gasteiger partial charge is 0.265 e. The van der Waals surface area contributed by atoms with Crippen LogP contribution in [0, 0.1) is 7.27 Å². The van der Waals surface area contributed by atoms with Crippen molar-refractivity contribution in [1.29, 1.82) is 0 Å². The van der Waals surface area contributed by atoms with Crippen LogP contribution in [0.4, 0.5) is 8.78 Å². The molecule has 84 valence electrons. The third-order valence-electron chi connectivity index (χ3n) is 1.43. The normalized spacial score (nSPS) is 12.1. The average molecular weight is 460 g/mol. The second-order valence-electron chi connectivity index (χ2n) is 2.50. The summed E-state index contributed by atoms with van der Waals surface area (Å²) >= 11 is 3.15. The molecule has 0 fully saturated rings. The summed E-state index contributed by atoms with van der Waals surface area (Å²) in [6.07, 6.45) is -2.76. The Balaban J connectivity index is 3.56. The van der Waals surface area contributed by atoms with Crippen molar-refractivity contribution >= 4 is 55.2 Å². The summed E-state index contributed by atoms with van der Waals surface area (Å²) < 4.78 is 47.1. The summed E-state index contributed by atoms with van der Waals surface area (Å²) in [5, 5.41) is 4.34. The Morgan fingerprint density at radius 3 is 2.33 bits per heavy atom. The van der Waals surface area contributed by atoms with Gasteiger partial charge in [0.1, 0.15) is 3.70 Å². The van der Waals surface area contributed by atoms with E-state index in [4.69, 9.17) is 5.14 Å². The zero-order valence-corrected chi connectivity index (χ0v) is 12.0. The van der Waals surface area contributed by atoms with Crippen molar-refractivity contribution < 1.29 is 17.2 Å². The van der Waals surface area contributed by atoms with E-state index in [1.54, 1.807) is 22.6 Å². The highest BCUT2D eigenvalue weighted by Crippen LogP contribution is 2.28. The number of nitrogens with zero attached hydrogens (tertiary/aromatic N) is 1. The van der Waals surface area contributed by atoms with Gasteiger partial charge in [-0.2, -0.15) is 0 Å². The molecule has 0 saturated heterocycles. The quantitative estimate of drug-likeness (QED) is 0.542. The highest BCUT2D eigenvalue weighted by molar-refractivity contribution is 14.1. The number of hydrogen-bond acceptors (Lipinski definition) is 3. The van der Waals surface area contributed by atoms with Crippen molar-refractivity contribution in [3.05, 3.63) is 18.9 Å². The molecule has 0 aliphatic heterocycles. The molecule has 1 rings (SSSR count). The van der Waals surface area contributed by atoms with E-state index in [0.717, 1.165) is 6.07 Å². The average Bonchev–Trinajstić information content (AvgIpc) is 2.06. The molecule has 0 aliphatic carbocycles. The van der Waals surface area contributed by atoms with Crippen molar-refractivity contribution in [3.63, 3.8) is 0 Å². The minimum Gasteiger partial charge on any atom is -0.228 e. The summed E-state index contributed by atoms with van der Waals surface area (Å²) in [5.41, 5.74) is -0.376. The van der Waals surface area contributed by atoms with Gasteiger partial charge in [-0.3, -0.25) is 0 Å². The Morgan fingerprint density at radius 1 is 1.40 bits per heavy atom. The molecule has 0 aliphatic rings. The first-order chi connectivity index (χ1) is 6.73.